The van der Waals surface area contributed by atoms with Crippen LogP contribution in [0.5, 0.6) is 0 Å². The second-order valence-electron chi connectivity index (χ2n) is 6.96. The third kappa shape index (κ3) is 3.62. The minimum Gasteiger partial charge on any atom is -0.462 e. The summed E-state index contributed by atoms with van der Waals surface area (Å²) in [5.74, 6) is -0.644. The highest BCUT2D eigenvalue weighted by molar-refractivity contribution is 6.08. The lowest BCUT2D eigenvalue weighted by Gasteiger charge is -2.20. The second-order valence-corrected chi connectivity index (χ2v) is 6.96. The van der Waals surface area contributed by atoms with Crippen molar-refractivity contribution in [1.82, 2.24) is 0 Å². The molecule has 0 saturated carbocycles. The molecule has 0 unspecified atom stereocenters. The molecule has 3 rings (SSSR count). The number of aryl methyl sites for hydroxylation is 2. The van der Waals surface area contributed by atoms with Gasteiger partial charge in [0.1, 0.15) is 12.1 Å². The third-order valence-electron chi connectivity index (χ3n) is 4.92. The first-order chi connectivity index (χ1) is 14.4. The second kappa shape index (κ2) is 8.51. The Kier molecular flexibility index (Phi) is 5.85. The minimum atomic E-state index is -0.644. The number of nitrogen functional groups attached to an aromatic ring is 1. The van der Waals surface area contributed by atoms with Gasteiger partial charge in [0.25, 0.3) is 0 Å². The minimum absolute atomic E-state index is 0.0190. The fourth-order valence-electron chi connectivity index (χ4n) is 3.43. The third-order valence-corrected chi connectivity index (χ3v) is 4.92. The number of rotatable bonds is 4. The number of anilines is 1. The molecule has 0 heterocycles. The normalized spacial score (nSPS) is 10.2. The van der Waals surface area contributed by atoms with Crippen molar-refractivity contribution in [2.45, 2.75) is 20.8 Å². The maximum absolute atomic E-state index is 13.0. The predicted octanol–water partition coefficient (Wildman–Crippen LogP) is 5.14. The zero-order valence-electron chi connectivity index (χ0n) is 17.1. The molecule has 0 spiro atoms. The Morgan fingerprint density at radius 3 is 1.77 bits per heavy atom. The molecule has 0 fully saturated rings. The zero-order chi connectivity index (χ0) is 21.8. The number of ether oxygens (including phenoxy) is 1. The summed E-state index contributed by atoms with van der Waals surface area (Å²) in [4.78, 5) is 13.0. The van der Waals surface area contributed by atoms with E-state index in [0.29, 0.717) is 16.7 Å². The molecule has 0 aliphatic rings. The van der Waals surface area contributed by atoms with E-state index in [4.69, 9.17) is 10.5 Å². The van der Waals surface area contributed by atoms with Crippen molar-refractivity contribution in [2.75, 3.05) is 12.3 Å². The van der Waals surface area contributed by atoms with E-state index in [-0.39, 0.29) is 29.0 Å². The van der Waals surface area contributed by atoms with Crippen molar-refractivity contribution in [1.29, 1.82) is 10.5 Å². The van der Waals surface area contributed by atoms with Crippen LogP contribution >= 0.6 is 0 Å². The van der Waals surface area contributed by atoms with E-state index in [9.17, 15) is 15.3 Å². The molecule has 148 valence electrons. The Bertz CT molecular complexity index is 1200. The molecule has 0 saturated heterocycles. The molecule has 30 heavy (non-hydrogen) atoms. The van der Waals surface area contributed by atoms with Crippen LogP contribution in [0.2, 0.25) is 0 Å². The number of nitrogens with zero attached hydrogens (tertiary/aromatic N) is 2. The SMILES string of the molecule is CCOC(=O)c1c(C#N)c(N)c(C#N)c(-c2ccc(C)cc2)c1-c1ccc(C)cc1. The fourth-order valence-corrected chi connectivity index (χ4v) is 3.43. The Labute approximate surface area is 176 Å². The summed E-state index contributed by atoms with van der Waals surface area (Å²) in [6.07, 6.45) is 0. The molecule has 0 bridgehead atoms. The van der Waals surface area contributed by atoms with Gasteiger partial charge in [0.15, 0.2) is 0 Å². The summed E-state index contributed by atoms with van der Waals surface area (Å²) >= 11 is 0. The van der Waals surface area contributed by atoms with Crippen molar-refractivity contribution < 1.29 is 9.53 Å². The average molecular weight is 395 g/mol. The number of nitriles is 2. The van der Waals surface area contributed by atoms with Crippen molar-refractivity contribution in [3.05, 3.63) is 76.3 Å². The first kappa shape index (κ1) is 20.6. The fraction of sp³-hybridized carbons (Fsp3) is 0.160. The molecule has 0 amide bonds. The first-order valence-electron chi connectivity index (χ1n) is 9.53. The van der Waals surface area contributed by atoms with Crippen LogP contribution in [0.15, 0.2) is 48.5 Å². The van der Waals surface area contributed by atoms with Crippen LogP contribution < -0.4 is 5.73 Å². The molecule has 0 aliphatic heterocycles. The number of nitrogens with two attached hydrogens (primary N) is 1. The van der Waals surface area contributed by atoms with Gasteiger partial charge >= 0.3 is 5.97 Å². The molecule has 5 heteroatoms. The Hall–Kier alpha value is -4.09. The van der Waals surface area contributed by atoms with Crippen LogP contribution in [0.4, 0.5) is 5.69 Å². The Balaban J connectivity index is 2.55. The van der Waals surface area contributed by atoms with Gasteiger partial charge in [0.05, 0.1) is 29.0 Å². The van der Waals surface area contributed by atoms with E-state index in [1.807, 2.05) is 68.4 Å². The number of carbonyl (C=O) groups is 1. The molecule has 2 N–H and O–H groups in total. The van der Waals surface area contributed by atoms with Gasteiger partial charge in [-0.05, 0) is 31.9 Å². The van der Waals surface area contributed by atoms with Crippen LogP contribution in [0.3, 0.4) is 0 Å². The molecule has 0 radical (unpaired) electrons. The lowest BCUT2D eigenvalue weighted by Crippen LogP contribution is -2.13. The van der Waals surface area contributed by atoms with E-state index >= 15 is 0 Å². The van der Waals surface area contributed by atoms with E-state index in [1.165, 1.54) is 0 Å². The van der Waals surface area contributed by atoms with Crippen LogP contribution in [-0.4, -0.2) is 12.6 Å². The largest absolute Gasteiger partial charge is 0.462 e. The average Bonchev–Trinajstić information content (AvgIpc) is 2.74. The van der Waals surface area contributed by atoms with Crippen molar-refractivity contribution in [3.63, 3.8) is 0 Å². The number of hydrogen-bond donors (Lipinski definition) is 1. The smallest absolute Gasteiger partial charge is 0.340 e. The van der Waals surface area contributed by atoms with Gasteiger partial charge in [0, 0.05) is 11.1 Å². The maximum Gasteiger partial charge on any atom is 0.340 e. The van der Waals surface area contributed by atoms with Gasteiger partial charge in [-0.25, -0.2) is 4.79 Å². The quantitative estimate of drug-likeness (QED) is 0.487. The van der Waals surface area contributed by atoms with Crippen LogP contribution in [0, 0.1) is 36.5 Å². The lowest BCUT2D eigenvalue weighted by atomic mass is 9.83. The maximum atomic E-state index is 13.0. The summed E-state index contributed by atoms with van der Waals surface area (Å²) in [7, 11) is 0. The number of benzene rings is 3. The highest BCUT2D eigenvalue weighted by Gasteiger charge is 2.29. The van der Waals surface area contributed by atoms with Crippen molar-refractivity contribution >= 4 is 11.7 Å². The van der Waals surface area contributed by atoms with Gasteiger partial charge in [-0.3, -0.25) is 0 Å². The summed E-state index contributed by atoms with van der Waals surface area (Å²) in [5, 5.41) is 19.7. The Morgan fingerprint density at radius 1 is 0.867 bits per heavy atom. The summed E-state index contributed by atoms with van der Waals surface area (Å²) in [6, 6.07) is 19.3. The van der Waals surface area contributed by atoms with Gasteiger partial charge in [-0.1, -0.05) is 59.7 Å². The Morgan fingerprint density at radius 2 is 1.33 bits per heavy atom. The first-order valence-corrected chi connectivity index (χ1v) is 9.53. The molecule has 0 aliphatic carbocycles. The van der Waals surface area contributed by atoms with Gasteiger partial charge < -0.3 is 10.5 Å². The molecule has 0 aromatic heterocycles. The van der Waals surface area contributed by atoms with Gasteiger partial charge in [-0.2, -0.15) is 10.5 Å². The highest BCUT2D eigenvalue weighted by atomic mass is 16.5. The summed E-state index contributed by atoms with van der Waals surface area (Å²) < 4.78 is 5.27. The van der Waals surface area contributed by atoms with Crippen LogP contribution in [0.1, 0.15) is 39.5 Å². The molecule has 5 nitrogen and oxygen atoms in total. The molecular weight excluding hydrogens is 374 g/mol. The molecule has 0 atom stereocenters. The topological polar surface area (TPSA) is 99.9 Å². The van der Waals surface area contributed by atoms with E-state index < -0.39 is 5.97 Å². The van der Waals surface area contributed by atoms with Crippen molar-refractivity contribution in [2.24, 2.45) is 0 Å². The van der Waals surface area contributed by atoms with Crippen molar-refractivity contribution in [3.8, 4) is 34.4 Å². The summed E-state index contributed by atoms with van der Waals surface area (Å²) in [6.45, 7) is 5.77. The molecule has 3 aromatic rings. The molecule has 3 aromatic carbocycles. The zero-order valence-corrected chi connectivity index (χ0v) is 17.1. The standard InChI is InChI=1S/C25H21N3O2/c1-4-30-25(29)23-20(14-27)24(28)19(13-26)21(17-9-5-15(2)6-10-17)22(23)18-11-7-16(3)8-12-18/h5-12H,4,28H2,1-3H3. The van der Waals surface area contributed by atoms with Gasteiger partial charge in [-0.15, -0.1) is 0 Å². The molecular formula is C25H21N3O2. The summed E-state index contributed by atoms with van der Waals surface area (Å²) in [5.41, 5.74) is 10.9. The monoisotopic (exact) mass is 395 g/mol. The predicted molar refractivity (Wildman–Crippen MR) is 117 cm³/mol. The number of esters is 1. The number of carbonyl (C=O) groups excluding carboxylic acids is 1. The van der Waals surface area contributed by atoms with E-state index in [1.54, 1.807) is 6.92 Å². The van der Waals surface area contributed by atoms with E-state index in [0.717, 1.165) is 16.7 Å². The van der Waals surface area contributed by atoms with Crippen LogP contribution in [-0.2, 0) is 4.74 Å². The van der Waals surface area contributed by atoms with Gasteiger partial charge in [0.2, 0.25) is 0 Å². The lowest BCUT2D eigenvalue weighted by molar-refractivity contribution is 0.0527. The number of hydrogen-bond acceptors (Lipinski definition) is 5. The van der Waals surface area contributed by atoms with E-state index in [2.05, 4.69) is 6.07 Å². The van der Waals surface area contributed by atoms with Crippen LogP contribution in [0.25, 0.3) is 22.3 Å². The highest BCUT2D eigenvalue weighted by Crippen LogP contribution is 2.43.